The van der Waals surface area contributed by atoms with Crippen LogP contribution in [0.25, 0.3) is 0 Å². The van der Waals surface area contributed by atoms with E-state index in [1.165, 1.54) is 6.07 Å². The highest BCUT2D eigenvalue weighted by Gasteiger charge is 2.00. The third kappa shape index (κ3) is 3.24. The van der Waals surface area contributed by atoms with Gasteiger partial charge in [-0.2, -0.15) is 5.10 Å². The average molecular weight is 231 g/mol. The minimum atomic E-state index is -0.163. The van der Waals surface area contributed by atoms with Gasteiger partial charge in [0.05, 0.1) is 5.69 Å². The number of anilines is 1. The first kappa shape index (κ1) is 11.5. The summed E-state index contributed by atoms with van der Waals surface area (Å²) in [5.41, 5.74) is 1.59. The largest absolute Gasteiger partial charge is 0.368 e. The van der Waals surface area contributed by atoms with E-state index in [4.69, 9.17) is 0 Å². The Morgan fingerprint density at radius 1 is 1.12 bits per heavy atom. The SMILES string of the molecule is Cc1ccc(NCCc2ccccc2F)nn1. The number of hydrogen-bond acceptors (Lipinski definition) is 3. The number of halogens is 1. The summed E-state index contributed by atoms with van der Waals surface area (Å²) in [7, 11) is 0. The van der Waals surface area contributed by atoms with Crippen molar-refractivity contribution in [2.75, 3.05) is 11.9 Å². The van der Waals surface area contributed by atoms with Crippen LogP contribution in [0, 0.1) is 12.7 Å². The van der Waals surface area contributed by atoms with E-state index in [1.54, 1.807) is 12.1 Å². The highest BCUT2D eigenvalue weighted by Crippen LogP contribution is 2.07. The Morgan fingerprint density at radius 3 is 2.65 bits per heavy atom. The van der Waals surface area contributed by atoms with Crippen LogP contribution in [0.4, 0.5) is 10.2 Å². The third-order valence-corrected chi connectivity index (χ3v) is 2.46. The third-order valence-electron chi connectivity index (χ3n) is 2.46. The van der Waals surface area contributed by atoms with E-state index < -0.39 is 0 Å². The summed E-state index contributed by atoms with van der Waals surface area (Å²) in [5.74, 6) is 0.552. The van der Waals surface area contributed by atoms with Crippen LogP contribution in [0.15, 0.2) is 36.4 Å². The second-order valence-corrected chi connectivity index (χ2v) is 3.83. The molecule has 0 amide bonds. The highest BCUT2D eigenvalue weighted by molar-refractivity contribution is 5.33. The summed E-state index contributed by atoms with van der Waals surface area (Å²) >= 11 is 0. The Balaban J connectivity index is 1.88. The molecule has 88 valence electrons. The van der Waals surface area contributed by atoms with Crippen LogP contribution < -0.4 is 5.32 Å². The second kappa shape index (κ2) is 5.39. The molecule has 17 heavy (non-hydrogen) atoms. The van der Waals surface area contributed by atoms with E-state index >= 15 is 0 Å². The zero-order valence-corrected chi connectivity index (χ0v) is 9.65. The zero-order valence-electron chi connectivity index (χ0n) is 9.65. The van der Waals surface area contributed by atoms with Gasteiger partial charge in [-0.1, -0.05) is 18.2 Å². The summed E-state index contributed by atoms with van der Waals surface area (Å²) in [6.45, 7) is 2.52. The molecule has 1 N–H and O–H groups in total. The van der Waals surface area contributed by atoms with E-state index in [0.717, 1.165) is 5.69 Å². The minimum Gasteiger partial charge on any atom is -0.368 e. The van der Waals surface area contributed by atoms with Crippen molar-refractivity contribution in [2.45, 2.75) is 13.3 Å². The molecule has 0 aliphatic rings. The van der Waals surface area contributed by atoms with Crippen molar-refractivity contribution in [3.8, 4) is 0 Å². The molecule has 1 aromatic heterocycles. The maximum atomic E-state index is 13.3. The highest BCUT2D eigenvalue weighted by atomic mass is 19.1. The molecule has 0 fully saturated rings. The summed E-state index contributed by atoms with van der Waals surface area (Å²) < 4.78 is 13.3. The fraction of sp³-hybridized carbons (Fsp3) is 0.231. The summed E-state index contributed by atoms with van der Waals surface area (Å²) in [6.07, 6.45) is 0.627. The first-order valence-electron chi connectivity index (χ1n) is 5.53. The number of rotatable bonds is 4. The van der Waals surface area contributed by atoms with Crippen molar-refractivity contribution in [3.05, 3.63) is 53.5 Å². The van der Waals surface area contributed by atoms with Gasteiger partial charge in [-0.3, -0.25) is 0 Å². The monoisotopic (exact) mass is 231 g/mol. The van der Waals surface area contributed by atoms with Crippen molar-refractivity contribution < 1.29 is 4.39 Å². The predicted octanol–water partition coefficient (Wildman–Crippen LogP) is 2.58. The Bertz CT molecular complexity index is 482. The van der Waals surface area contributed by atoms with Crippen LogP contribution in [-0.2, 0) is 6.42 Å². The van der Waals surface area contributed by atoms with Crippen molar-refractivity contribution in [3.63, 3.8) is 0 Å². The standard InChI is InChI=1S/C13H14FN3/c1-10-6-7-13(17-16-10)15-9-8-11-4-2-3-5-12(11)14/h2-7H,8-9H2,1H3,(H,15,17). The molecular weight excluding hydrogens is 217 g/mol. The maximum Gasteiger partial charge on any atom is 0.148 e. The molecule has 4 heteroatoms. The molecule has 0 bridgehead atoms. The smallest absolute Gasteiger partial charge is 0.148 e. The van der Waals surface area contributed by atoms with Crippen LogP contribution in [0.5, 0.6) is 0 Å². The van der Waals surface area contributed by atoms with Crippen molar-refractivity contribution in [1.29, 1.82) is 0 Å². The van der Waals surface area contributed by atoms with Crippen LogP contribution in [0.1, 0.15) is 11.3 Å². The molecule has 0 unspecified atom stereocenters. The lowest BCUT2D eigenvalue weighted by molar-refractivity contribution is 0.610. The van der Waals surface area contributed by atoms with Gasteiger partial charge in [-0.15, -0.1) is 5.10 Å². The fourth-order valence-electron chi connectivity index (χ4n) is 1.52. The van der Waals surface area contributed by atoms with Crippen LogP contribution >= 0.6 is 0 Å². The molecule has 0 atom stereocenters. The molecule has 3 nitrogen and oxygen atoms in total. The summed E-state index contributed by atoms with van der Waals surface area (Å²) in [4.78, 5) is 0. The lowest BCUT2D eigenvalue weighted by Gasteiger charge is -2.05. The van der Waals surface area contributed by atoms with Gasteiger partial charge in [-0.05, 0) is 37.1 Å². The van der Waals surface area contributed by atoms with E-state index in [0.29, 0.717) is 24.3 Å². The predicted molar refractivity (Wildman–Crippen MR) is 65.4 cm³/mol. The van der Waals surface area contributed by atoms with Crippen LogP contribution in [0.3, 0.4) is 0 Å². The Hall–Kier alpha value is -1.97. The van der Waals surface area contributed by atoms with Gasteiger partial charge < -0.3 is 5.32 Å². The molecule has 0 spiro atoms. The van der Waals surface area contributed by atoms with Gasteiger partial charge in [0.25, 0.3) is 0 Å². The van der Waals surface area contributed by atoms with Crippen LogP contribution in [-0.4, -0.2) is 16.7 Å². The fourth-order valence-corrected chi connectivity index (χ4v) is 1.52. The quantitative estimate of drug-likeness (QED) is 0.878. The first-order valence-corrected chi connectivity index (χ1v) is 5.53. The van der Waals surface area contributed by atoms with Crippen molar-refractivity contribution >= 4 is 5.82 Å². The molecule has 1 heterocycles. The minimum absolute atomic E-state index is 0.163. The van der Waals surface area contributed by atoms with Gasteiger partial charge in [0.15, 0.2) is 0 Å². The number of nitrogens with one attached hydrogen (secondary N) is 1. The van der Waals surface area contributed by atoms with Gasteiger partial charge in [0, 0.05) is 6.54 Å². The first-order chi connectivity index (χ1) is 8.25. The van der Waals surface area contributed by atoms with E-state index in [9.17, 15) is 4.39 Å². The number of nitrogens with zero attached hydrogens (tertiary/aromatic N) is 2. The number of aryl methyl sites for hydroxylation is 1. The van der Waals surface area contributed by atoms with Crippen molar-refractivity contribution in [2.24, 2.45) is 0 Å². The molecular formula is C13H14FN3. The topological polar surface area (TPSA) is 37.8 Å². The lowest BCUT2D eigenvalue weighted by atomic mass is 10.1. The normalized spacial score (nSPS) is 10.2. The number of aromatic nitrogens is 2. The molecule has 2 aromatic rings. The van der Waals surface area contributed by atoms with Gasteiger partial charge in [0.2, 0.25) is 0 Å². The summed E-state index contributed by atoms with van der Waals surface area (Å²) in [5, 5.41) is 11.0. The van der Waals surface area contributed by atoms with Crippen molar-refractivity contribution in [1.82, 2.24) is 10.2 Å². The summed E-state index contributed by atoms with van der Waals surface area (Å²) in [6, 6.07) is 10.5. The van der Waals surface area contributed by atoms with E-state index in [-0.39, 0.29) is 5.82 Å². The molecule has 2 rings (SSSR count). The molecule has 1 aromatic carbocycles. The van der Waals surface area contributed by atoms with E-state index in [1.807, 2.05) is 25.1 Å². The van der Waals surface area contributed by atoms with Gasteiger partial charge in [0.1, 0.15) is 11.6 Å². The molecule has 0 aliphatic carbocycles. The van der Waals surface area contributed by atoms with E-state index in [2.05, 4.69) is 15.5 Å². The Morgan fingerprint density at radius 2 is 1.94 bits per heavy atom. The second-order valence-electron chi connectivity index (χ2n) is 3.83. The molecule has 0 saturated heterocycles. The van der Waals surface area contributed by atoms with Gasteiger partial charge in [-0.25, -0.2) is 4.39 Å². The average Bonchev–Trinajstić information content (AvgIpc) is 2.34. The molecule has 0 radical (unpaired) electrons. The Kier molecular flexibility index (Phi) is 3.65. The maximum absolute atomic E-state index is 13.3. The zero-order chi connectivity index (χ0) is 12.1. The Labute approximate surface area is 99.7 Å². The number of benzene rings is 1. The van der Waals surface area contributed by atoms with Crippen LogP contribution in [0.2, 0.25) is 0 Å². The molecule has 0 saturated carbocycles. The van der Waals surface area contributed by atoms with Gasteiger partial charge >= 0.3 is 0 Å². The number of hydrogen-bond donors (Lipinski definition) is 1. The molecule has 0 aliphatic heterocycles. The lowest BCUT2D eigenvalue weighted by Crippen LogP contribution is -2.08.